The highest BCUT2D eigenvalue weighted by Gasteiger charge is 2.41. The highest BCUT2D eigenvalue weighted by Crippen LogP contribution is 2.44. The molecule has 0 fully saturated rings. The Labute approximate surface area is 628 Å². The van der Waals surface area contributed by atoms with Gasteiger partial charge in [-0.25, -0.2) is 4.58 Å². The first-order valence-electron chi connectivity index (χ1n) is 36.9. The molecule has 1 aliphatic heterocycles. The van der Waals surface area contributed by atoms with Gasteiger partial charge in [0.25, 0.3) is 0 Å². The molecule has 0 radical (unpaired) electrons. The quantitative estimate of drug-likeness (QED) is 0.00881. The lowest BCUT2D eigenvalue weighted by Crippen LogP contribution is -2.49. The van der Waals surface area contributed by atoms with Gasteiger partial charge in [-0.2, -0.15) is 0 Å². The van der Waals surface area contributed by atoms with Gasteiger partial charge in [-0.05, 0) is 137 Å². The Kier molecular flexibility index (Phi) is 35.4. The Hall–Kier alpha value is -7.14. The van der Waals surface area contributed by atoms with Crippen LogP contribution in [0.1, 0.15) is 60.1 Å². The van der Waals surface area contributed by atoms with Crippen molar-refractivity contribution in [1.82, 2.24) is 15.1 Å². The van der Waals surface area contributed by atoms with Gasteiger partial charge in [0.2, 0.25) is 5.91 Å². The lowest BCUT2D eigenvalue weighted by molar-refractivity contribution is -0.462. The zero-order chi connectivity index (χ0) is 75.8. The number of rotatable bonds is 51. The Morgan fingerprint density at radius 3 is 1.42 bits per heavy atom. The molecule has 5 N–H and O–H groups in total. The number of Topliss-reactive ketones (excluding diaryl/α,β-unsaturated/α-hetero) is 1. The second-order valence-electron chi connectivity index (χ2n) is 27.5. The third kappa shape index (κ3) is 25.5. The molecule has 6 aromatic rings. The molecule has 570 valence electrons. The highest BCUT2D eigenvalue weighted by molar-refractivity contribution is 6.98. The number of hydrogen-bond donors (Lipinski definition) is 5. The van der Waals surface area contributed by atoms with Crippen LogP contribution in [0, 0.1) is 0 Å². The number of carbonyl (C=O) groups excluding carboxylic acids is 2. The summed E-state index contributed by atoms with van der Waals surface area (Å²) in [5.74, 6) is -0.129. The van der Waals surface area contributed by atoms with Gasteiger partial charge >= 0.3 is 14.2 Å². The van der Waals surface area contributed by atoms with Gasteiger partial charge in [0.15, 0.2) is 11.5 Å². The molecule has 2 aliphatic rings. The summed E-state index contributed by atoms with van der Waals surface area (Å²) in [6.07, 6.45) is 8.05. The van der Waals surface area contributed by atoms with Crippen molar-refractivity contribution in [1.29, 1.82) is 0 Å². The van der Waals surface area contributed by atoms with E-state index in [9.17, 15) is 29.7 Å². The molecule has 0 bridgehead atoms. The van der Waals surface area contributed by atoms with Crippen LogP contribution in [0.5, 0.6) is 0 Å². The lowest BCUT2D eigenvalue weighted by Gasteiger charge is -2.38. The number of nitrogens with zero attached hydrogens (tertiary/aromatic N) is 4. The first-order chi connectivity index (χ1) is 51.2. The van der Waals surface area contributed by atoms with Crippen LogP contribution in [0.3, 0.4) is 0 Å². The number of fused-ring (bicyclic) bond motifs is 4. The third-order valence-electron chi connectivity index (χ3n) is 18.8. The van der Waals surface area contributed by atoms with E-state index in [0.29, 0.717) is 213 Å². The van der Waals surface area contributed by atoms with Crippen LogP contribution in [-0.4, -0.2) is 254 Å². The van der Waals surface area contributed by atoms with Crippen LogP contribution in [0.15, 0.2) is 162 Å². The van der Waals surface area contributed by atoms with Gasteiger partial charge in [0, 0.05) is 96.3 Å². The second kappa shape index (κ2) is 44.4. The van der Waals surface area contributed by atoms with E-state index in [1.807, 2.05) is 36.4 Å². The van der Waals surface area contributed by atoms with Crippen molar-refractivity contribution in [2.45, 2.75) is 66.0 Å². The summed E-state index contributed by atoms with van der Waals surface area (Å²) in [7, 11) is 2.72. The molecule has 24 heteroatoms. The Bertz CT molecular complexity index is 3990. The van der Waals surface area contributed by atoms with Gasteiger partial charge in [-0.1, -0.05) is 117 Å². The molecular formula is C82H112B2N5O16Si+. The number of carbonyl (C=O) groups is 2. The van der Waals surface area contributed by atoms with Crippen LogP contribution in [0.4, 0.5) is 5.69 Å². The molecule has 6 aromatic carbocycles. The Balaban J connectivity index is 1.04. The first kappa shape index (κ1) is 84.5. The maximum Gasteiger partial charge on any atom is 0.488 e. The van der Waals surface area contributed by atoms with Crippen molar-refractivity contribution in [3.8, 4) is 0 Å². The molecular weight excluding hydrogens is 1360 g/mol. The zero-order valence-electron chi connectivity index (χ0n) is 63.7. The Morgan fingerprint density at radius 2 is 0.953 bits per heavy atom. The smallest absolute Gasteiger partial charge is 0.423 e. The van der Waals surface area contributed by atoms with Crippen molar-refractivity contribution in [2.24, 2.45) is 0 Å². The third-order valence-corrected chi connectivity index (χ3v) is 22.4. The summed E-state index contributed by atoms with van der Waals surface area (Å²) in [5, 5.41) is 52.8. The largest absolute Gasteiger partial charge is 0.488 e. The van der Waals surface area contributed by atoms with E-state index in [4.69, 9.17) is 47.4 Å². The monoisotopic (exact) mass is 1470 g/mol. The predicted molar refractivity (Wildman–Crippen MR) is 426 cm³/mol. The standard InChI is InChI=1S/C82H111B2N5O16Si/c1-61(2)78(90)24-17-34-96-38-42-100-46-50-104-52-48-103-45-41-99-37-33-89(58-65-19-12-16-23-77(65)84(94)95)60-75-69-21-14-13-20-68(69)74(70-28-25-63(54-73(70)75)81-71-29-26-66(86(5)6)55-79(71)106(9,10)80-56-67(87(7)8)27-30-72(80)81)59-88(57-64-18-11-15-22-76(64)83(92)93)32-36-98-40-44-102-49-53-105-51-47-101-43-39-97-35-31-85-82(91)62(3)4/h11-16,18-23,25-30,54-56,92-95H,1,3,17,24,31-53,57-60H2,2,4-10H3/p+1. The number of ether oxygens (including phenoxy) is 10. The summed E-state index contributed by atoms with van der Waals surface area (Å²) in [6, 6.07) is 37.4. The summed E-state index contributed by atoms with van der Waals surface area (Å²) in [5.41, 5.74) is 12.7. The fourth-order valence-electron chi connectivity index (χ4n) is 13.0. The topological polar surface area (TPSA) is 232 Å². The number of hydrogen-bond acceptors (Lipinski definition) is 19. The van der Waals surface area contributed by atoms with Crippen LogP contribution < -0.4 is 26.3 Å². The molecule has 1 heterocycles. The average Bonchev–Trinajstić information content (AvgIpc) is 0.716. The molecule has 1 amide bonds. The van der Waals surface area contributed by atoms with Crippen molar-refractivity contribution >= 4 is 88.6 Å². The van der Waals surface area contributed by atoms with Gasteiger partial charge in [-0.3, -0.25) is 19.4 Å². The van der Waals surface area contributed by atoms with Crippen molar-refractivity contribution in [2.75, 3.05) is 185 Å². The molecule has 0 atom stereocenters. The molecule has 21 nitrogen and oxygen atoms in total. The van der Waals surface area contributed by atoms with Crippen LogP contribution >= 0.6 is 0 Å². The summed E-state index contributed by atoms with van der Waals surface area (Å²) < 4.78 is 60.5. The fraction of sp³-hybridized carbons (Fsp3) is 0.451. The van der Waals surface area contributed by atoms with Crippen LogP contribution in [0.2, 0.25) is 13.1 Å². The number of nitrogens with one attached hydrogen (secondary N) is 1. The van der Waals surface area contributed by atoms with Crippen molar-refractivity contribution in [3.63, 3.8) is 0 Å². The summed E-state index contributed by atoms with van der Waals surface area (Å²) >= 11 is 0. The molecule has 0 saturated carbocycles. The molecule has 0 saturated heterocycles. The number of allylic oxidation sites excluding steroid dienone is 6. The van der Waals surface area contributed by atoms with E-state index in [-0.39, 0.29) is 11.7 Å². The molecule has 1 aliphatic carbocycles. The van der Waals surface area contributed by atoms with E-state index < -0.39 is 22.3 Å². The first-order valence-corrected chi connectivity index (χ1v) is 39.9. The van der Waals surface area contributed by atoms with Crippen LogP contribution in [-0.2, 0) is 83.1 Å². The van der Waals surface area contributed by atoms with E-state index in [0.717, 1.165) is 60.8 Å². The van der Waals surface area contributed by atoms with Crippen molar-refractivity contribution < 1.29 is 81.6 Å². The normalized spacial score (nSPS) is 13.2. The average molecular weight is 1470 g/mol. The number of anilines is 1. The number of ketones is 1. The van der Waals surface area contributed by atoms with Crippen molar-refractivity contribution in [3.05, 3.63) is 196 Å². The molecule has 8 rings (SSSR count). The molecule has 106 heavy (non-hydrogen) atoms. The number of benzene rings is 6. The number of amides is 1. The van der Waals surface area contributed by atoms with E-state index in [1.165, 1.54) is 27.1 Å². The van der Waals surface area contributed by atoms with E-state index >= 15 is 0 Å². The van der Waals surface area contributed by atoms with Gasteiger partial charge in [-0.15, -0.1) is 0 Å². The summed E-state index contributed by atoms with van der Waals surface area (Å²) in [6.45, 7) is 26.7. The molecule has 0 spiro atoms. The molecule has 0 unspecified atom stereocenters. The minimum Gasteiger partial charge on any atom is -0.423 e. The van der Waals surface area contributed by atoms with E-state index in [1.54, 1.807) is 26.0 Å². The molecule has 0 aromatic heterocycles. The van der Waals surface area contributed by atoms with Crippen LogP contribution in [0.25, 0.3) is 27.1 Å². The lowest BCUT2D eigenvalue weighted by atomic mass is 9.77. The SMILES string of the molecule is C=C(C)C(=O)CCCOCCOCCOCCOCCOCCN(Cc1ccccc1B(O)O)Cc1c2ccccc2c(CN(CCOCCOCCOCCOCCOCCNC(=O)C(=C)C)Cc2ccccc2B(O)O)c2ccc(C3=C4C=CC(=[N+](C)C)C=C4[Si](C)(C)c4cc(N(C)C)ccc43)cc12. The van der Waals surface area contributed by atoms with Gasteiger partial charge in [0.05, 0.1) is 126 Å². The second-order valence-corrected chi connectivity index (χ2v) is 31.9. The van der Waals surface area contributed by atoms with Gasteiger partial charge in [0.1, 0.15) is 22.2 Å². The van der Waals surface area contributed by atoms with Gasteiger partial charge < -0.3 is 77.7 Å². The predicted octanol–water partition coefficient (Wildman–Crippen LogP) is 6.69. The maximum atomic E-state index is 11.8. The highest BCUT2D eigenvalue weighted by atomic mass is 28.3. The fourth-order valence-corrected chi connectivity index (χ4v) is 16.1. The Morgan fingerprint density at radius 1 is 0.509 bits per heavy atom. The minimum absolute atomic E-state index is 0.0600. The summed E-state index contributed by atoms with van der Waals surface area (Å²) in [4.78, 5) is 30.2. The minimum atomic E-state index is -2.32. The zero-order valence-corrected chi connectivity index (χ0v) is 64.7. The van der Waals surface area contributed by atoms with E-state index in [2.05, 4.69) is 158 Å². The maximum absolute atomic E-state index is 11.8.